The van der Waals surface area contributed by atoms with Crippen molar-refractivity contribution in [2.24, 2.45) is 5.92 Å². The molecule has 0 radical (unpaired) electrons. The van der Waals surface area contributed by atoms with Crippen molar-refractivity contribution in [2.75, 3.05) is 19.6 Å². The largest absolute Gasteiger partial charge is 0.481 e. The van der Waals surface area contributed by atoms with Crippen molar-refractivity contribution in [2.45, 2.75) is 44.8 Å². The van der Waals surface area contributed by atoms with Crippen molar-refractivity contribution in [3.05, 3.63) is 0 Å². The van der Waals surface area contributed by atoms with Crippen LogP contribution in [0.4, 0.5) is 4.79 Å². The molecule has 2 rings (SSSR count). The molecule has 2 aliphatic heterocycles. The third-order valence-electron chi connectivity index (χ3n) is 3.84. The number of urea groups is 1. The van der Waals surface area contributed by atoms with E-state index in [2.05, 4.69) is 5.32 Å². The molecule has 108 valence electrons. The monoisotopic (exact) mass is 270 g/mol. The number of likely N-dealkylation sites (tertiary alicyclic amines) is 1. The fourth-order valence-electron chi connectivity index (χ4n) is 2.62. The Morgan fingerprint density at radius 3 is 2.58 bits per heavy atom. The number of nitrogens with one attached hydrogen (secondary N) is 1. The summed E-state index contributed by atoms with van der Waals surface area (Å²) < 4.78 is 5.67. The van der Waals surface area contributed by atoms with E-state index in [0.717, 1.165) is 12.8 Å². The van der Waals surface area contributed by atoms with Gasteiger partial charge in [-0.2, -0.15) is 0 Å². The van der Waals surface area contributed by atoms with Gasteiger partial charge in [-0.1, -0.05) is 6.92 Å². The fourth-order valence-corrected chi connectivity index (χ4v) is 2.62. The molecule has 0 saturated carbocycles. The van der Waals surface area contributed by atoms with Gasteiger partial charge in [0.05, 0.1) is 18.1 Å². The van der Waals surface area contributed by atoms with Crippen LogP contribution in [0.5, 0.6) is 0 Å². The first kappa shape index (κ1) is 14.1. The van der Waals surface area contributed by atoms with E-state index in [1.807, 2.05) is 4.90 Å². The van der Waals surface area contributed by atoms with E-state index in [1.165, 1.54) is 0 Å². The molecule has 19 heavy (non-hydrogen) atoms. The van der Waals surface area contributed by atoms with Gasteiger partial charge in [0.2, 0.25) is 0 Å². The molecule has 3 unspecified atom stereocenters. The molecule has 2 bridgehead atoms. The molecule has 0 aromatic rings. The van der Waals surface area contributed by atoms with Gasteiger partial charge in [-0.05, 0) is 25.7 Å². The molecule has 3 atom stereocenters. The Morgan fingerprint density at radius 2 is 2.00 bits per heavy atom. The number of aliphatic carboxylic acids is 1. The number of carbonyl (C=O) groups is 2. The van der Waals surface area contributed by atoms with E-state index in [-0.39, 0.29) is 24.2 Å². The number of carbonyl (C=O) groups excluding carboxylic acids is 1. The SMILES string of the molecule is CC(CCCNC(=O)N1CC2CCC(C1)O2)C(=O)O. The van der Waals surface area contributed by atoms with E-state index < -0.39 is 5.97 Å². The minimum atomic E-state index is -0.781. The Hall–Kier alpha value is -1.30. The van der Waals surface area contributed by atoms with Gasteiger partial charge in [0.25, 0.3) is 0 Å². The quantitative estimate of drug-likeness (QED) is 0.732. The summed E-state index contributed by atoms with van der Waals surface area (Å²) in [7, 11) is 0. The highest BCUT2D eigenvalue weighted by atomic mass is 16.5. The number of hydrogen-bond acceptors (Lipinski definition) is 3. The Balaban J connectivity index is 1.63. The molecule has 2 heterocycles. The molecule has 6 heteroatoms. The summed E-state index contributed by atoms with van der Waals surface area (Å²) in [6.45, 7) is 3.56. The zero-order valence-corrected chi connectivity index (χ0v) is 11.3. The van der Waals surface area contributed by atoms with Crippen molar-refractivity contribution >= 4 is 12.0 Å². The van der Waals surface area contributed by atoms with Crippen LogP contribution in [0.15, 0.2) is 0 Å². The zero-order valence-electron chi connectivity index (χ0n) is 11.3. The van der Waals surface area contributed by atoms with Gasteiger partial charge in [0.1, 0.15) is 0 Å². The maximum Gasteiger partial charge on any atom is 0.317 e. The van der Waals surface area contributed by atoms with Gasteiger partial charge in [-0.25, -0.2) is 4.79 Å². The Labute approximate surface area is 113 Å². The number of carboxylic acids is 1. The summed E-state index contributed by atoms with van der Waals surface area (Å²) in [5.74, 6) is -1.13. The first-order valence-corrected chi connectivity index (χ1v) is 6.97. The highest BCUT2D eigenvalue weighted by Gasteiger charge is 2.35. The van der Waals surface area contributed by atoms with Crippen molar-refractivity contribution in [3.63, 3.8) is 0 Å². The average molecular weight is 270 g/mol. The second kappa shape index (κ2) is 6.23. The van der Waals surface area contributed by atoms with Gasteiger partial charge in [0.15, 0.2) is 0 Å². The van der Waals surface area contributed by atoms with E-state index in [1.54, 1.807) is 6.92 Å². The van der Waals surface area contributed by atoms with E-state index >= 15 is 0 Å². The highest BCUT2D eigenvalue weighted by molar-refractivity contribution is 5.74. The minimum absolute atomic E-state index is 0.0526. The summed E-state index contributed by atoms with van der Waals surface area (Å²) in [5, 5.41) is 11.6. The maximum absolute atomic E-state index is 11.9. The molecule has 2 saturated heterocycles. The van der Waals surface area contributed by atoms with Crippen LogP contribution in [0, 0.1) is 5.92 Å². The van der Waals surface area contributed by atoms with Crippen LogP contribution < -0.4 is 5.32 Å². The van der Waals surface area contributed by atoms with Crippen LogP contribution >= 0.6 is 0 Å². The van der Waals surface area contributed by atoms with Crippen LogP contribution in [0.3, 0.4) is 0 Å². The number of morpholine rings is 1. The number of rotatable bonds is 5. The molecule has 0 aromatic heterocycles. The molecule has 2 fully saturated rings. The maximum atomic E-state index is 11.9. The number of ether oxygens (including phenoxy) is 1. The highest BCUT2D eigenvalue weighted by Crippen LogP contribution is 2.26. The molecule has 0 aliphatic carbocycles. The predicted octanol–water partition coefficient (Wildman–Crippen LogP) is 1.06. The molecule has 0 aromatic carbocycles. The molecule has 2 amide bonds. The van der Waals surface area contributed by atoms with Gasteiger partial charge >= 0.3 is 12.0 Å². The average Bonchev–Trinajstić information content (AvgIpc) is 2.72. The van der Waals surface area contributed by atoms with Gasteiger partial charge in [-0.15, -0.1) is 0 Å². The molecule has 6 nitrogen and oxygen atoms in total. The topological polar surface area (TPSA) is 78.9 Å². The Morgan fingerprint density at radius 1 is 1.37 bits per heavy atom. The van der Waals surface area contributed by atoms with E-state index in [0.29, 0.717) is 32.5 Å². The molecular weight excluding hydrogens is 248 g/mol. The number of carboxylic acid groups (broad SMARTS) is 1. The van der Waals surface area contributed by atoms with E-state index in [9.17, 15) is 9.59 Å². The smallest absolute Gasteiger partial charge is 0.317 e. The lowest BCUT2D eigenvalue weighted by atomic mass is 10.1. The van der Waals surface area contributed by atoms with Crippen LogP contribution in [0.25, 0.3) is 0 Å². The summed E-state index contributed by atoms with van der Waals surface area (Å²) in [4.78, 5) is 24.4. The second-order valence-corrected chi connectivity index (χ2v) is 5.48. The van der Waals surface area contributed by atoms with Gasteiger partial charge in [0, 0.05) is 19.6 Å². The van der Waals surface area contributed by atoms with Crippen LogP contribution in [-0.2, 0) is 9.53 Å². The summed E-state index contributed by atoms with van der Waals surface area (Å²) in [5.41, 5.74) is 0. The number of amides is 2. The lowest BCUT2D eigenvalue weighted by Crippen LogP contribution is -2.50. The molecular formula is C13H22N2O4. The number of hydrogen-bond donors (Lipinski definition) is 2. The zero-order chi connectivity index (χ0) is 13.8. The number of fused-ring (bicyclic) bond motifs is 2. The van der Waals surface area contributed by atoms with Crippen LogP contribution in [0.1, 0.15) is 32.6 Å². The summed E-state index contributed by atoms with van der Waals surface area (Å²) in [6.07, 6.45) is 3.78. The first-order chi connectivity index (χ1) is 9.06. The predicted molar refractivity (Wildman–Crippen MR) is 68.9 cm³/mol. The fraction of sp³-hybridized carbons (Fsp3) is 0.846. The third-order valence-corrected chi connectivity index (χ3v) is 3.84. The molecule has 2 N–H and O–H groups in total. The van der Waals surface area contributed by atoms with Gasteiger partial charge < -0.3 is 20.1 Å². The van der Waals surface area contributed by atoms with E-state index in [4.69, 9.17) is 9.84 Å². The molecule has 0 spiro atoms. The Kier molecular flexibility index (Phi) is 4.63. The van der Waals surface area contributed by atoms with Crippen molar-refractivity contribution < 1.29 is 19.4 Å². The Bertz CT molecular complexity index is 336. The summed E-state index contributed by atoms with van der Waals surface area (Å²) >= 11 is 0. The minimum Gasteiger partial charge on any atom is -0.481 e. The third kappa shape index (κ3) is 3.83. The van der Waals surface area contributed by atoms with Crippen molar-refractivity contribution in [1.29, 1.82) is 0 Å². The van der Waals surface area contributed by atoms with Gasteiger partial charge in [-0.3, -0.25) is 4.79 Å². The summed E-state index contributed by atoms with van der Waals surface area (Å²) in [6, 6.07) is -0.0526. The lowest BCUT2D eigenvalue weighted by molar-refractivity contribution is -0.141. The van der Waals surface area contributed by atoms with Crippen LogP contribution in [-0.4, -0.2) is 53.8 Å². The number of nitrogens with zero attached hydrogens (tertiary/aromatic N) is 1. The standard InChI is InChI=1S/C13H22N2O4/c1-9(12(16)17)3-2-6-14-13(18)15-7-10-4-5-11(8-15)19-10/h9-11H,2-8H2,1H3,(H,14,18)(H,16,17). The lowest BCUT2D eigenvalue weighted by Gasteiger charge is -2.32. The first-order valence-electron chi connectivity index (χ1n) is 6.97. The van der Waals surface area contributed by atoms with Crippen LogP contribution in [0.2, 0.25) is 0 Å². The molecule has 2 aliphatic rings. The van der Waals surface area contributed by atoms with Crippen molar-refractivity contribution in [1.82, 2.24) is 10.2 Å². The second-order valence-electron chi connectivity index (χ2n) is 5.48. The normalized spacial score (nSPS) is 27.1. The van der Waals surface area contributed by atoms with Crippen molar-refractivity contribution in [3.8, 4) is 0 Å².